The molecule has 3 amide bonds. The third kappa shape index (κ3) is 17.5. The molecule has 0 radical (unpaired) electrons. The Morgan fingerprint density at radius 2 is 1.51 bits per heavy atom. The molecule has 92 heavy (non-hydrogen) atoms. The Balaban J connectivity index is 0.939. The number of allylic oxidation sites excluding steroid dienone is 6. The Bertz CT molecular complexity index is 3060. The van der Waals surface area contributed by atoms with Crippen LogP contribution in [0.2, 0.25) is 0 Å². The van der Waals surface area contributed by atoms with Crippen LogP contribution in [0.4, 0.5) is 16.7 Å². The molecule has 0 spiro atoms. The van der Waals surface area contributed by atoms with Crippen molar-refractivity contribution in [2.24, 2.45) is 35.3 Å². The number of ether oxygens (including phenoxy) is 5. The van der Waals surface area contributed by atoms with Crippen molar-refractivity contribution < 1.29 is 72.6 Å². The zero-order valence-electron chi connectivity index (χ0n) is 54.8. The molecule has 2 aromatic rings. The lowest BCUT2D eigenvalue weighted by atomic mass is 9.80. The van der Waals surface area contributed by atoms with Crippen molar-refractivity contribution in [2.45, 2.75) is 192 Å². The number of nitrogens with two attached hydrogens (primary N) is 1. The number of rotatable bonds is 9. The number of ketones is 3. The molecule has 1 unspecified atom stereocenters. The molecule has 5 aliphatic heterocycles. The van der Waals surface area contributed by atoms with Crippen molar-refractivity contribution in [3.8, 4) is 0 Å². The van der Waals surface area contributed by atoms with E-state index in [1.165, 1.54) is 25.4 Å². The third-order valence-corrected chi connectivity index (χ3v) is 19.4. The SMILES string of the molecule is CNC(=O)c1cnc(N2CCN(c3ncc4c(n3)CCN(C(=O)O[C@@H]3CCC(C[C@@H](N)[C@@H]5CC(=O)[C@H](C)/C=C(\C)[C@@H](O)[C@@H](O)C(=O)[C@H](C)C[C@H](C)/C=C/C=C/C=C(\C)[C@@H](OC)C[C@@H]6CC[C@@H](C)[C@@](O)(O6)C(=O)C(=O)N6CCCC[C@H]6C(=O)O5)C[C@H]3OC)C4)CC2)nc1. The van der Waals surface area contributed by atoms with E-state index in [2.05, 4.69) is 25.2 Å². The first-order chi connectivity index (χ1) is 43.9. The van der Waals surface area contributed by atoms with Gasteiger partial charge in [-0.3, -0.25) is 24.0 Å². The van der Waals surface area contributed by atoms with Crippen molar-refractivity contribution in [1.29, 1.82) is 0 Å². The quantitative estimate of drug-likeness (QED) is 0.129. The van der Waals surface area contributed by atoms with Gasteiger partial charge in [0.25, 0.3) is 17.6 Å². The number of aliphatic hydroxyl groups is 3. The zero-order chi connectivity index (χ0) is 66.6. The Hall–Kier alpha value is -6.87. The summed E-state index contributed by atoms with van der Waals surface area (Å²) in [6.45, 7) is 13.4. The van der Waals surface area contributed by atoms with Crippen molar-refractivity contribution in [3.63, 3.8) is 0 Å². The van der Waals surface area contributed by atoms with E-state index in [-0.39, 0.29) is 55.7 Å². The summed E-state index contributed by atoms with van der Waals surface area (Å²) in [5, 5.41) is 37.1. The fourth-order valence-corrected chi connectivity index (χ4v) is 13.5. The van der Waals surface area contributed by atoms with Crippen molar-refractivity contribution in [1.82, 2.24) is 35.1 Å². The molecule has 4 fully saturated rings. The molecule has 25 heteroatoms. The van der Waals surface area contributed by atoms with Crippen LogP contribution in [-0.2, 0) is 60.6 Å². The van der Waals surface area contributed by atoms with Gasteiger partial charge in [0, 0.05) is 128 Å². The first kappa shape index (κ1) is 71.0. The molecule has 6 N–H and O–H groups in total. The molecule has 7 heterocycles. The van der Waals surface area contributed by atoms with Gasteiger partial charge in [0.05, 0.1) is 36.1 Å². The monoisotopic (exact) mass is 1280 g/mol. The van der Waals surface area contributed by atoms with E-state index < -0.39 is 120 Å². The van der Waals surface area contributed by atoms with E-state index in [9.17, 15) is 48.9 Å². The van der Waals surface area contributed by atoms with Gasteiger partial charge in [0.2, 0.25) is 17.7 Å². The lowest BCUT2D eigenvalue weighted by molar-refractivity contribution is -0.265. The highest BCUT2D eigenvalue weighted by Crippen LogP contribution is 2.38. The summed E-state index contributed by atoms with van der Waals surface area (Å²) in [5.74, 6) is -8.33. The highest BCUT2D eigenvalue weighted by atomic mass is 16.6. The van der Waals surface area contributed by atoms with Crippen LogP contribution in [0.3, 0.4) is 0 Å². The van der Waals surface area contributed by atoms with Gasteiger partial charge in [-0.2, -0.15) is 0 Å². The molecule has 1 saturated carbocycles. The number of methoxy groups -OCH3 is 2. The summed E-state index contributed by atoms with van der Waals surface area (Å²) < 4.78 is 30.4. The van der Waals surface area contributed by atoms with Gasteiger partial charge in [-0.05, 0) is 101 Å². The van der Waals surface area contributed by atoms with Crippen molar-refractivity contribution in [2.75, 3.05) is 70.3 Å². The predicted molar refractivity (Wildman–Crippen MR) is 339 cm³/mol. The number of anilines is 2. The van der Waals surface area contributed by atoms with Gasteiger partial charge in [-0.1, -0.05) is 64.2 Å². The summed E-state index contributed by atoms with van der Waals surface area (Å²) in [6, 6.07) is -2.23. The number of carbonyl (C=O) groups is 7. The zero-order valence-corrected chi connectivity index (χ0v) is 54.8. The number of aromatic nitrogens is 4. The molecular formula is C67H96N10O15. The number of nitrogens with one attached hydrogen (secondary N) is 1. The van der Waals surface area contributed by atoms with Crippen LogP contribution in [0.25, 0.3) is 0 Å². The number of hydrogen-bond donors (Lipinski definition) is 5. The van der Waals surface area contributed by atoms with E-state index >= 15 is 0 Å². The maximum Gasteiger partial charge on any atom is 0.410 e. The number of hydrogen-bond acceptors (Lipinski definition) is 22. The van der Waals surface area contributed by atoms with Crippen LogP contribution < -0.4 is 20.9 Å². The van der Waals surface area contributed by atoms with Crippen LogP contribution in [0, 0.1) is 29.6 Å². The maximum atomic E-state index is 14.7. The molecule has 2 bridgehead atoms. The normalized spacial score (nSPS) is 33.6. The third-order valence-electron chi connectivity index (χ3n) is 19.4. The second-order valence-electron chi connectivity index (χ2n) is 26.1. The Morgan fingerprint density at radius 3 is 2.21 bits per heavy atom. The highest BCUT2D eigenvalue weighted by molar-refractivity contribution is 6.39. The van der Waals surface area contributed by atoms with Gasteiger partial charge in [-0.15, -0.1) is 0 Å². The molecule has 504 valence electrons. The van der Waals surface area contributed by atoms with E-state index in [0.717, 1.165) is 21.7 Å². The van der Waals surface area contributed by atoms with Crippen LogP contribution in [0.5, 0.6) is 0 Å². The molecule has 15 atom stereocenters. The lowest BCUT2D eigenvalue weighted by Gasteiger charge is -2.42. The van der Waals surface area contributed by atoms with E-state index in [0.29, 0.717) is 108 Å². The number of fused-ring (bicyclic) bond motifs is 4. The van der Waals surface area contributed by atoms with Crippen molar-refractivity contribution in [3.05, 3.63) is 83.0 Å². The number of piperazine rings is 1. The maximum absolute atomic E-state index is 14.7. The summed E-state index contributed by atoms with van der Waals surface area (Å²) in [4.78, 5) is 123. The number of carbonyl (C=O) groups excluding carboxylic acids is 7. The average Bonchev–Trinajstić information content (AvgIpc) is 0.814. The Labute approximate surface area is 539 Å². The summed E-state index contributed by atoms with van der Waals surface area (Å²) in [5.41, 5.74) is 10.1. The van der Waals surface area contributed by atoms with Crippen molar-refractivity contribution >= 4 is 53.1 Å². The molecule has 2 aromatic heterocycles. The average molecular weight is 1280 g/mol. The topological polar surface area (TPSA) is 329 Å². The highest BCUT2D eigenvalue weighted by Gasteiger charge is 2.53. The van der Waals surface area contributed by atoms with Gasteiger partial charge in [-0.25, -0.2) is 29.5 Å². The summed E-state index contributed by atoms with van der Waals surface area (Å²) in [6.07, 6.45) is 12.4. The first-order valence-corrected chi connectivity index (χ1v) is 32.7. The Kier molecular flexibility index (Phi) is 24.9. The lowest BCUT2D eigenvalue weighted by Crippen LogP contribution is -2.61. The summed E-state index contributed by atoms with van der Waals surface area (Å²) >= 11 is 0. The van der Waals surface area contributed by atoms with Gasteiger partial charge < -0.3 is 69.7 Å². The van der Waals surface area contributed by atoms with E-state index in [1.807, 2.05) is 49.1 Å². The fraction of sp³-hybridized carbons (Fsp3) is 0.657. The van der Waals surface area contributed by atoms with Crippen LogP contribution in [0.1, 0.15) is 140 Å². The molecule has 6 aliphatic rings. The first-order valence-electron chi connectivity index (χ1n) is 32.7. The Morgan fingerprint density at radius 1 is 0.804 bits per heavy atom. The number of aliphatic hydroxyl groups excluding tert-OH is 2. The molecule has 1 aliphatic carbocycles. The second-order valence-corrected chi connectivity index (χ2v) is 26.1. The number of Topliss-reactive ketones (excluding diaryl/α,β-unsaturated/α-hetero) is 3. The number of nitrogens with zero attached hydrogens (tertiary/aromatic N) is 8. The van der Waals surface area contributed by atoms with Crippen LogP contribution >= 0.6 is 0 Å². The minimum absolute atomic E-state index is 0.00592. The molecule has 3 saturated heterocycles. The minimum Gasteiger partial charge on any atom is -0.459 e. The van der Waals surface area contributed by atoms with Gasteiger partial charge in [0.15, 0.2) is 5.78 Å². The van der Waals surface area contributed by atoms with E-state index in [4.69, 9.17) is 34.4 Å². The largest absolute Gasteiger partial charge is 0.459 e. The number of amides is 3. The molecule has 25 nitrogen and oxygen atoms in total. The van der Waals surface area contributed by atoms with Gasteiger partial charge in [0.1, 0.15) is 36.2 Å². The molecule has 0 aromatic carbocycles. The number of cyclic esters (lactones) is 1. The van der Waals surface area contributed by atoms with E-state index in [1.54, 1.807) is 53.1 Å². The number of esters is 1. The summed E-state index contributed by atoms with van der Waals surface area (Å²) in [7, 11) is 4.65. The standard InChI is InChI=1S/C67H96N10O15/c1-39-15-11-10-12-16-40(2)54(88-8)33-48-20-18-44(6)67(87,92-48)60(82)62(84)77-23-14-13-17-51(77)63(85)90-55(34-52(78)41(3)30-43(5)58(80)59(81)57(79)42(4)29-39)49(68)31-45-19-21-53(56(32-45)89-9)91-66(86)76-24-22-50-47(38-76)37-72-65(73-50)75-27-25-74(26-28-75)64-70-35-46(36-71-64)61(83)69-7/h10-12,15-16,30,35-37,39,41-42,44-45,48-49,51,53-56,58-59,80-81,87H,13-14,17-29,31-34,38,68H2,1-9H3,(H,69,83)/b12-10+,15-11+,40-16+,43-30+/t39-,41-,42-,44-,45?,48+,49-,51+,53-,54+,55+,56-,58-,59+,67-/m1/s1. The molecule has 8 rings (SSSR count). The number of piperidine rings is 1. The van der Waals surface area contributed by atoms with Crippen LogP contribution in [0.15, 0.2) is 66.2 Å². The van der Waals surface area contributed by atoms with Gasteiger partial charge >= 0.3 is 12.1 Å². The predicted octanol–water partition coefficient (Wildman–Crippen LogP) is 4.69. The molecular weight excluding hydrogens is 1180 g/mol. The fourth-order valence-electron chi connectivity index (χ4n) is 13.5. The second kappa shape index (κ2) is 32.3. The van der Waals surface area contributed by atoms with Crippen LogP contribution in [-0.4, -0.2) is 207 Å². The minimum atomic E-state index is -2.50. The smallest absolute Gasteiger partial charge is 0.410 e.